The Hall–Kier alpha value is -2.25. The van der Waals surface area contributed by atoms with Crippen LogP contribution in [0.3, 0.4) is 0 Å². The monoisotopic (exact) mass is 352 g/mol. The van der Waals surface area contributed by atoms with Crippen molar-refractivity contribution in [1.82, 2.24) is 4.90 Å². The van der Waals surface area contributed by atoms with Crippen LogP contribution in [-0.4, -0.2) is 35.1 Å². The smallest absolute Gasteiger partial charge is 0.293 e. The van der Waals surface area contributed by atoms with Gasteiger partial charge in [0.15, 0.2) is 6.61 Å². The lowest BCUT2D eigenvalue weighted by Gasteiger charge is -2.08. The van der Waals surface area contributed by atoms with Gasteiger partial charge >= 0.3 is 0 Å². The van der Waals surface area contributed by atoms with Gasteiger partial charge in [-0.3, -0.25) is 19.3 Å². The quantitative estimate of drug-likeness (QED) is 0.627. The van der Waals surface area contributed by atoms with Crippen molar-refractivity contribution in [3.63, 3.8) is 0 Å². The number of rotatable bonds is 6. The van der Waals surface area contributed by atoms with E-state index in [1.54, 1.807) is 24.3 Å². The van der Waals surface area contributed by atoms with Gasteiger partial charge in [0, 0.05) is 6.54 Å². The number of amides is 3. The van der Waals surface area contributed by atoms with E-state index in [4.69, 9.17) is 22.1 Å². The summed E-state index contributed by atoms with van der Waals surface area (Å²) in [5.74, 6) is -0.673. The van der Waals surface area contributed by atoms with Crippen molar-refractivity contribution in [3.05, 3.63) is 46.3 Å². The predicted molar refractivity (Wildman–Crippen MR) is 89.0 cm³/mol. The maximum atomic E-state index is 12.1. The molecule has 6 nitrogen and oxygen atoms in total. The molecule has 0 atom stereocenters. The Bertz CT molecular complexity index is 717. The Morgan fingerprint density at radius 1 is 1.43 bits per heavy atom. The number of hydrogen-bond acceptors (Lipinski definition) is 5. The minimum Gasteiger partial charge on any atom is -0.482 e. The van der Waals surface area contributed by atoms with Crippen molar-refractivity contribution in [1.29, 1.82) is 0 Å². The molecule has 1 aliphatic rings. The minimum atomic E-state index is -0.610. The SMILES string of the molecule is C=CCN1C(=O)SC(=Cc2ccc(OCC(N)=O)c(Cl)c2)C1=O. The molecule has 0 radical (unpaired) electrons. The lowest BCUT2D eigenvalue weighted by molar-refractivity contribution is -0.122. The summed E-state index contributed by atoms with van der Waals surface area (Å²) in [5, 5.41) is -0.0704. The fourth-order valence-corrected chi connectivity index (χ4v) is 2.90. The summed E-state index contributed by atoms with van der Waals surface area (Å²) < 4.78 is 5.14. The van der Waals surface area contributed by atoms with E-state index in [2.05, 4.69) is 6.58 Å². The van der Waals surface area contributed by atoms with Gasteiger partial charge < -0.3 is 10.5 Å². The number of benzene rings is 1. The van der Waals surface area contributed by atoms with Crippen molar-refractivity contribution in [2.75, 3.05) is 13.2 Å². The second kappa shape index (κ2) is 7.34. The number of primary amides is 1. The van der Waals surface area contributed by atoms with Crippen LogP contribution in [-0.2, 0) is 9.59 Å². The molecule has 1 aliphatic heterocycles. The van der Waals surface area contributed by atoms with Crippen LogP contribution >= 0.6 is 23.4 Å². The second-order valence-corrected chi connectivity index (χ2v) is 5.93. The van der Waals surface area contributed by atoms with E-state index in [0.717, 1.165) is 16.7 Å². The number of ether oxygens (including phenoxy) is 1. The van der Waals surface area contributed by atoms with Crippen molar-refractivity contribution < 1.29 is 19.1 Å². The third-order valence-corrected chi connectivity index (χ3v) is 4.01. The van der Waals surface area contributed by atoms with Crippen molar-refractivity contribution in [2.45, 2.75) is 0 Å². The summed E-state index contributed by atoms with van der Waals surface area (Å²) in [4.78, 5) is 35.9. The third kappa shape index (κ3) is 4.14. The highest BCUT2D eigenvalue weighted by molar-refractivity contribution is 8.18. The molecule has 1 saturated heterocycles. The normalized spacial score (nSPS) is 16.0. The Morgan fingerprint density at radius 3 is 2.78 bits per heavy atom. The number of nitrogens with two attached hydrogens (primary N) is 1. The number of nitrogens with zero attached hydrogens (tertiary/aromatic N) is 1. The molecule has 23 heavy (non-hydrogen) atoms. The lowest BCUT2D eigenvalue weighted by atomic mass is 10.2. The number of thioether (sulfide) groups is 1. The van der Waals surface area contributed by atoms with Gasteiger partial charge in [-0.2, -0.15) is 0 Å². The lowest BCUT2D eigenvalue weighted by Crippen LogP contribution is -2.27. The van der Waals surface area contributed by atoms with E-state index in [1.807, 2.05) is 0 Å². The van der Waals surface area contributed by atoms with Gasteiger partial charge in [0.25, 0.3) is 17.1 Å². The Kier molecular flexibility index (Phi) is 5.46. The molecule has 1 heterocycles. The topological polar surface area (TPSA) is 89.7 Å². The first kappa shape index (κ1) is 17.1. The molecule has 3 amide bonds. The van der Waals surface area contributed by atoms with Gasteiger partial charge in [0.05, 0.1) is 9.93 Å². The van der Waals surface area contributed by atoms with Crippen LogP contribution in [0.25, 0.3) is 6.08 Å². The first-order chi connectivity index (χ1) is 10.9. The summed E-state index contributed by atoms with van der Waals surface area (Å²) >= 11 is 6.91. The fourth-order valence-electron chi connectivity index (χ4n) is 1.81. The summed E-state index contributed by atoms with van der Waals surface area (Å²) in [6.45, 7) is 3.41. The first-order valence-corrected chi connectivity index (χ1v) is 7.68. The van der Waals surface area contributed by atoms with Crippen LogP contribution in [0.1, 0.15) is 5.56 Å². The Labute approximate surface area is 141 Å². The van der Waals surface area contributed by atoms with Gasteiger partial charge in [-0.25, -0.2) is 0 Å². The highest BCUT2D eigenvalue weighted by atomic mass is 35.5. The maximum absolute atomic E-state index is 12.1. The zero-order valence-corrected chi connectivity index (χ0v) is 13.5. The van der Waals surface area contributed by atoms with Gasteiger partial charge in [-0.15, -0.1) is 6.58 Å². The van der Waals surface area contributed by atoms with Crippen LogP contribution in [0, 0.1) is 0 Å². The highest BCUT2D eigenvalue weighted by Gasteiger charge is 2.33. The molecule has 2 rings (SSSR count). The van der Waals surface area contributed by atoms with E-state index < -0.39 is 5.91 Å². The molecule has 0 unspecified atom stereocenters. The van der Waals surface area contributed by atoms with Crippen molar-refractivity contribution >= 4 is 46.5 Å². The summed E-state index contributed by atoms with van der Waals surface area (Å²) in [6.07, 6.45) is 3.05. The Morgan fingerprint density at radius 2 is 2.17 bits per heavy atom. The molecule has 1 fully saturated rings. The number of carbonyl (C=O) groups excluding carboxylic acids is 3. The predicted octanol–water partition coefficient (Wildman–Crippen LogP) is 2.43. The zero-order chi connectivity index (χ0) is 17.0. The number of carbonyl (C=O) groups is 3. The van der Waals surface area contributed by atoms with Gasteiger partial charge in [-0.05, 0) is 35.5 Å². The maximum Gasteiger partial charge on any atom is 0.293 e. The molecule has 0 bridgehead atoms. The molecule has 0 aromatic heterocycles. The van der Waals surface area contributed by atoms with Crippen LogP contribution in [0.4, 0.5) is 4.79 Å². The Balaban J connectivity index is 2.18. The van der Waals surface area contributed by atoms with E-state index >= 15 is 0 Å². The van der Waals surface area contributed by atoms with Gasteiger partial charge in [0.1, 0.15) is 5.75 Å². The van der Waals surface area contributed by atoms with Crippen LogP contribution in [0.5, 0.6) is 5.75 Å². The fraction of sp³-hybridized carbons (Fsp3) is 0.133. The summed E-state index contributed by atoms with van der Waals surface area (Å²) in [5.41, 5.74) is 5.62. The molecule has 0 saturated carbocycles. The third-order valence-electron chi connectivity index (χ3n) is 2.81. The molecule has 0 aliphatic carbocycles. The van der Waals surface area contributed by atoms with Crippen LogP contribution in [0.15, 0.2) is 35.8 Å². The second-order valence-electron chi connectivity index (χ2n) is 4.53. The summed E-state index contributed by atoms with van der Waals surface area (Å²) in [6, 6.07) is 4.79. The average Bonchev–Trinajstić information content (AvgIpc) is 2.74. The van der Waals surface area contributed by atoms with E-state index in [1.165, 1.54) is 6.08 Å². The van der Waals surface area contributed by atoms with E-state index in [-0.39, 0.29) is 29.3 Å². The van der Waals surface area contributed by atoms with Gasteiger partial charge in [-0.1, -0.05) is 23.7 Å². The molecule has 1 aromatic rings. The zero-order valence-electron chi connectivity index (χ0n) is 12.0. The van der Waals surface area contributed by atoms with Crippen molar-refractivity contribution in [2.24, 2.45) is 5.73 Å². The summed E-state index contributed by atoms with van der Waals surface area (Å²) in [7, 11) is 0. The number of halogens is 1. The molecular weight excluding hydrogens is 340 g/mol. The molecular formula is C15H13ClN2O4S. The number of hydrogen-bond donors (Lipinski definition) is 1. The first-order valence-electron chi connectivity index (χ1n) is 6.49. The average molecular weight is 353 g/mol. The minimum absolute atomic E-state index is 0.169. The molecule has 0 spiro atoms. The standard InChI is InChI=1S/C15H13ClN2O4S/c1-2-5-18-14(20)12(23-15(18)21)7-9-3-4-11(10(16)6-9)22-8-13(17)19/h2-4,6-7H,1,5,8H2,(H2,17,19). The van der Waals surface area contributed by atoms with Gasteiger partial charge in [0.2, 0.25) is 0 Å². The largest absolute Gasteiger partial charge is 0.482 e. The number of imide groups is 1. The van der Waals surface area contributed by atoms with E-state index in [9.17, 15) is 14.4 Å². The van der Waals surface area contributed by atoms with Crippen molar-refractivity contribution in [3.8, 4) is 5.75 Å². The molecule has 8 heteroatoms. The molecule has 1 aromatic carbocycles. The van der Waals surface area contributed by atoms with Crippen LogP contribution in [0.2, 0.25) is 5.02 Å². The highest BCUT2D eigenvalue weighted by Crippen LogP contribution is 2.33. The molecule has 2 N–H and O–H groups in total. The molecule has 120 valence electrons. The van der Waals surface area contributed by atoms with E-state index in [0.29, 0.717) is 16.2 Å². The van der Waals surface area contributed by atoms with Crippen LogP contribution < -0.4 is 10.5 Å².